The summed E-state index contributed by atoms with van der Waals surface area (Å²) in [5, 5.41) is 0.962. The number of benzene rings is 2. The molecule has 1 saturated heterocycles. The van der Waals surface area contributed by atoms with Crippen molar-refractivity contribution in [2.45, 2.75) is 67.8 Å². The van der Waals surface area contributed by atoms with Gasteiger partial charge in [-0.1, -0.05) is 25.3 Å². The number of aromatic nitrogens is 1. The first kappa shape index (κ1) is 33.5. The first-order valence-corrected chi connectivity index (χ1v) is 19.5. The number of methoxy groups -OCH3 is 2. The summed E-state index contributed by atoms with van der Waals surface area (Å²) >= 11 is 0. The van der Waals surface area contributed by atoms with Crippen molar-refractivity contribution in [1.29, 1.82) is 0 Å². The van der Waals surface area contributed by atoms with Crippen molar-refractivity contribution in [1.82, 2.24) is 17.9 Å². The molecule has 7 rings (SSSR count). The zero-order chi connectivity index (χ0) is 34.0. The third kappa shape index (κ3) is 5.44. The van der Waals surface area contributed by atoms with Crippen LogP contribution in [0.3, 0.4) is 0 Å². The summed E-state index contributed by atoms with van der Waals surface area (Å²) in [6, 6.07) is 11.3. The SMILES string of the molecule is COC[C@@H]1CN(S(=O)(=O)C23CC2c2cc(OC)ccc2-c2c(C4CCCCC4)c4ccc(C(=O)NS(=O)(=O)N(C)C)cc4n2C3)CCO1. The minimum absolute atomic E-state index is 0.183. The zero-order valence-electron chi connectivity index (χ0n) is 27.9. The summed E-state index contributed by atoms with van der Waals surface area (Å²) in [6.45, 7) is 1.26. The fourth-order valence-electron chi connectivity index (χ4n) is 8.16. The number of carbonyl (C=O) groups excluding carboxylic acids is 1. The van der Waals surface area contributed by atoms with E-state index in [1.807, 2.05) is 24.3 Å². The van der Waals surface area contributed by atoms with Crippen LogP contribution in [-0.2, 0) is 36.3 Å². The van der Waals surface area contributed by atoms with Gasteiger partial charge in [-0.2, -0.15) is 17.0 Å². The van der Waals surface area contributed by atoms with Crippen molar-refractivity contribution in [3.05, 3.63) is 53.1 Å². The maximum atomic E-state index is 14.9. The van der Waals surface area contributed by atoms with Crippen LogP contribution in [0, 0.1) is 0 Å². The Morgan fingerprint density at radius 1 is 1.06 bits per heavy atom. The molecule has 2 aliphatic heterocycles. The van der Waals surface area contributed by atoms with E-state index in [-0.39, 0.29) is 49.7 Å². The number of nitrogens with zero attached hydrogens (tertiary/aromatic N) is 3. The van der Waals surface area contributed by atoms with E-state index < -0.39 is 30.9 Å². The summed E-state index contributed by atoms with van der Waals surface area (Å²) in [6.07, 6.45) is 5.51. The van der Waals surface area contributed by atoms with Gasteiger partial charge in [-0.25, -0.2) is 13.1 Å². The van der Waals surface area contributed by atoms with Gasteiger partial charge >= 0.3 is 10.2 Å². The lowest BCUT2D eigenvalue weighted by atomic mass is 9.81. The maximum absolute atomic E-state index is 14.9. The van der Waals surface area contributed by atoms with Crippen molar-refractivity contribution < 1.29 is 35.8 Å². The van der Waals surface area contributed by atoms with Gasteiger partial charge in [0.1, 0.15) is 10.5 Å². The Labute approximate surface area is 282 Å². The average molecular weight is 701 g/mol. The number of hydrogen-bond acceptors (Lipinski definition) is 8. The van der Waals surface area contributed by atoms with Crippen LogP contribution in [-0.4, -0.2) is 101 Å². The molecular formula is C34H44N4O8S2. The molecule has 48 heavy (non-hydrogen) atoms. The van der Waals surface area contributed by atoms with E-state index in [0.717, 1.165) is 57.7 Å². The molecule has 260 valence electrons. The van der Waals surface area contributed by atoms with Gasteiger partial charge in [-0.3, -0.25) is 4.79 Å². The van der Waals surface area contributed by atoms with Crippen LogP contribution < -0.4 is 9.46 Å². The Morgan fingerprint density at radius 3 is 2.54 bits per heavy atom. The predicted molar refractivity (Wildman–Crippen MR) is 182 cm³/mol. The molecular weight excluding hydrogens is 657 g/mol. The van der Waals surface area contributed by atoms with Crippen LogP contribution in [0.1, 0.15) is 71.8 Å². The highest BCUT2D eigenvalue weighted by atomic mass is 32.2. The van der Waals surface area contributed by atoms with Gasteiger partial charge in [0.2, 0.25) is 10.0 Å². The zero-order valence-corrected chi connectivity index (χ0v) is 29.5. The van der Waals surface area contributed by atoms with Crippen LogP contribution in [0.5, 0.6) is 5.75 Å². The van der Waals surface area contributed by atoms with E-state index in [2.05, 4.69) is 9.29 Å². The van der Waals surface area contributed by atoms with Gasteiger partial charge in [-0.15, -0.1) is 0 Å². The number of morpholine rings is 1. The van der Waals surface area contributed by atoms with Gasteiger partial charge in [0, 0.05) is 68.8 Å². The number of nitrogens with one attached hydrogen (secondary N) is 1. The molecule has 3 fully saturated rings. The molecule has 12 nitrogen and oxygen atoms in total. The smallest absolute Gasteiger partial charge is 0.303 e. The second-order valence-corrected chi connectivity index (χ2v) is 17.9. The first-order valence-electron chi connectivity index (χ1n) is 16.6. The van der Waals surface area contributed by atoms with Crippen LogP contribution in [0.4, 0.5) is 0 Å². The fourth-order valence-corrected chi connectivity index (χ4v) is 11.0. The third-order valence-corrected chi connectivity index (χ3v) is 14.8. The Bertz CT molecular complexity index is 1970. The molecule has 2 aromatic carbocycles. The van der Waals surface area contributed by atoms with Gasteiger partial charge in [-0.05, 0) is 66.6 Å². The van der Waals surface area contributed by atoms with Crippen molar-refractivity contribution in [2.75, 3.05) is 54.6 Å². The number of ether oxygens (including phenoxy) is 3. The van der Waals surface area contributed by atoms with Gasteiger partial charge < -0.3 is 18.8 Å². The number of sulfonamides is 1. The molecule has 1 amide bonds. The highest BCUT2D eigenvalue weighted by Gasteiger charge is 2.67. The highest BCUT2D eigenvalue weighted by molar-refractivity contribution is 7.91. The molecule has 14 heteroatoms. The van der Waals surface area contributed by atoms with Crippen molar-refractivity contribution in [3.8, 4) is 17.0 Å². The molecule has 0 bridgehead atoms. The first-order chi connectivity index (χ1) is 22.9. The van der Waals surface area contributed by atoms with Crippen LogP contribution in [0.2, 0.25) is 0 Å². The summed E-state index contributed by atoms with van der Waals surface area (Å²) in [4.78, 5) is 13.3. The fraction of sp³-hybridized carbons (Fsp3) is 0.559. The van der Waals surface area contributed by atoms with Crippen molar-refractivity contribution >= 4 is 37.0 Å². The van der Waals surface area contributed by atoms with Crippen molar-refractivity contribution in [2.24, 2.45) is 0 Å². The Morgan fingerprint density at radius 2 is 1.83 bits per heavy atom. The molecule has 1 N–H and O–H groups in total. The third-order valence-electron chi connectivity index (χ3n) is 10.7. The van der Waals surface area contributed by atoms with E-state index in [1.54, 1.807) is 30.7 Å². The topological polar surface area (TPSA) is 136 Å². The summed E-state index contributed by atoms with van der Waals surface area (Å²) in [5.74, 6) is -0.0777. The van der Waals surface area contributed by atoms with E-state index in [1.165, 1.54) is 26.1 Å². The van der Waals surface area contributed by atoms with Crippen molar-refractivity contribution in [3.63, 3.8) is 0 Å². The van der Waals surface area contributed by atoms with E-state index >= 15 is 0 Å². The predicted octanol–water partition coefficient (Wildman–Crippen LogP) is 3.82. The molecule has 4 aliphatic rings. The number of fused-ring (bicyclic) bond motifs is 7. The van der Waals surface area contributed by atoms with Crippen LogP contribution >= 0.6 is 0 Å². The number of rotatable bonds is 9. The Balaban J connectivity index is 1.44. The Kier molecular flexibility index (Phi) is 8.65. The monoisotopic (exact) mass is 700 g/mol. The standard InChI is InChI=1S/C34H44N4O8S2/c1-36(2)48(42,43)35-33(39)23-10-12-27-30(16-23)38-21-34(47(40,41)37-14-15-46-25(19-37)20-44-3)18-29(34)28-17-24(45-4)11-13-26(28)32(38)31(27)22-8-6-5-7-9-22/h10-13,16-17,22,25,29H,5-9,14-15,18-21H2,1-4H3,(H,35,39)/t25-,29?,34?/m0/s1. The molecule has 1 aromatic heterocycles. The largest absolute Gasteiger partial charge is 0.497 e. The molecule has 3 atom stereocenters. The van der Waals surface area contributed by atoms with Gasteiger partial charge in [0.15, 0.2) is 0 Å². The minimum atomic E-state index is -4.02. The molecule has 0 radical (unpaired) electrons. The van der Waals surface area contributed by atoms with Gasteiger partial charge in [0.25, 0.3) is 5.91 Å². The average Bonchev–Trinajstić information content (AvgIpc) is 3.76. The molecule has 3 aromatic rings. The lowest BCUT2D eigenvalue weighted by molar-refractivity contribution is -0.0409. The molecule has 2 saturated carbocycles. The van der Waals surface area contributed by atoms with E-state index in [4.69, 9.17) is 14.2 Å². The minimum Gasteiger partial charge on any atom is -0.497 e. The second-order valence-electron chi connectivity index (χ2n) is 13.7. The van der Waals surface area contributed by atoms with Gasteiger partial charge in [0.05, 0.1) is 32.1 Å². The summed E-state index contributed by atoms with van der Waals surface area (Å²) < 4.78 is 77.3. The molecule has 0 spiro atoms. The number of carbonyl (C=O) groups is 1. The molecule has 2 unspecified atom stereocenters. The second kappa shape index (κ2) is 12.4. The molecule has 3 heterocycles. The lowest BCUT2D eigenvalue weighted by Gasteiger charge is -2.35. The number of amides is 1. The summed E-state index contributed by atoms with van der Waals surface area (Å²) in [5.41, 5.74) is 4.99. The molecule has 2 aliphatic carbocycles. The van der Waals surface area contributed by atoms with Crippen LogP contribution in [0.15, 0.2) is 36.4 Å². The number of hydrogen-bond donors (Lipinski definition) is 1. The maximum Gasteiger partial charge on any atom is 0.303 e. The van der Waals surface area contributed by atoms with E-state index in [9.17, 15) is 21.6 Å². The lowest BCUT2D eigenvalue weighted by Crippen LogP contribution is -2.51. The Hall–Kier alpha value is -3.01. The summed E-state index contributed by atoms with van der Waals surface area (Å²) in [7, 11) is -1.98. The van der Waals surface area contributed by atoms with Crippen LogP contribution in [0.25, 0.3) is 22.2 Å². The highest BCUT2D eigenvalue weighted by Crippen LogP contribution is 2.64. The quantitative estimate of drug-likeness (QED) is 0.356. The normalized spacial score (nSPS) is 24.9. The van der Waals surface area contributed by atoms with E-state index in [0.29, 0.717) is 18.8 Å².